The van der Waals surface area contributed by atoms with E-state index in [9.17, 15) is 18.0 Å². The average Bonchev–Trinajstić information content (AvgIpc) is 3.55. The molecule has 2 heterocycles. The van der Waals surface area contributed by atoms with Gasteiger partial charge in [-0.15, -0.1) is 10.2 Å². The number of carbonyl (C=O) groups is 2. The lowest BCUT2D eigenvalue weighted by Crippen LogP contribution is -2.48. The summed E-state index contributed by atoms with van der Waals surface area (Å²) in [7, 11) is -0.581. The van der Waals surface area contributed by atoms with Crippen LogP contribution in [0.15, 0.2) is 33.5 Å². The Bertz CT molecular complexity index is 1140. The molecular formula is C22H30N6O4S3. The van der Waals surface area contributed by atoms with Crippen molar-refractivity contribution in [2.75, 3.05) is 50.9 Å². The first-order chi connectivity index (χ1) is 16.7. The van der Waals surface area contributed by atoms with Crippen LogP contribution in [0.5, 0.6) is 0 Å². The minimum Gasteiger partial charge on any atom is -0.353 e. The normalized spacial score (nSPS) is 17.2. The third kappa shape index (κ3) is 6.32. The summed E-state index contributed by atoms with van der Waals surface area (Å²) in [4.78, 5) is 29.0. The number of hydrogen-bond donors (Lipinski definition) is 1. The van der Waals surface area contributed by atoms with Gasteiger partial charge in [-0.25, -0.2) is 12.7 Å². The number of nitrogens with one attached hydrogen (secondary N) is 1. The predicted molar refractivity (Wildman–Crippen MR) is 136 cm³/mol. The number of anilines is 1. The standard InChI is InChI=1S/C22H30N6O4S3/c1-26(2)35(31,32)18-9-7-16(8-10-18)20(30)27-11-13-28(14-12-27)21-24-25-22(34-21)33-15-19(29)23-17-5-3-4-6-17/h7-10,17H,3-6,11-15H2,1-2H3,(H,23,29). The lowest BCUT2D eigenvalue weighted by molar-refractivity contribution is -0.119. The highest BCUT2D eigenvalue weighted by Crippen LogP contribution is 2.29. The van der Waals surface area contributed by atoms with Crippen molar-refractivity contribution >= 4 is 50.1 Å². The highest BCUT2D eigenvalue weighted by Gasteiger charge is 2.25. The molecule has 2 amide bonds. The molecule has 1 aromatic carbocycles. The van der Waals surface area contributed by atoms with Gasteiger partial charge in [0.1, 0.15) is 0 Å². The van der Waals surface area contributed by atoms with Crippen molar-refractivity contribution in [1.82, 2.24) is 24.7 Å². The Morgan fingerprint density at radius 1 is 1.09 bits per heavy atom. The van der Waals surface area contributed by atoms with Gasteiger partial charge in [0.25, 0.3) is 5.91 Å². The fourth-order valence-corrected chi connectivity index (χ4v) is 6.72. The molecule has 2 fully saturated rings. The van der Waals surface area contributed by atoms with Crippen molar-refractivity contribution in [1.29, 1.82) is 0 Å². The number of thioether (sulfide) groups is 1. The Labute approximate surface area is 214 Å². The number of hydrogen-bond acceptors (Lipinski definition) is 9. The molecule has 1 aliphatic heterocycles. The van der Waals surface area contributed by atoms with Gasteiger partial charge in [0, 0.05) is 51.9 Å². The maximum absolute atomic E-state index is 12.9. The molecular weight excluding hydrogens is 508 g/mol. The monoisotopic (exact) mass is 538 g/mol. The fourth-order valence-electron chi connectivity index (χ4n) is 4.12. The van der Waals surface area contributed by atoms with Crippen LogP contribution >= 0.6 is 23.1 Å². The summed E-state index contributed by atoms with van der Waals surface area (Å²) in [5, 5.41) is 12.4. The highest BCUT2D eigenvalue weighted by atomic mass is 32.2. The zero-order valence-electron chi connectivity index (χ0n) is 19.8. The SMILES string of the molecule is CN(C)S(=O)(=O)c1ccc(C(=O)N2CCN(c3nnc(SCC(=O)NC4CCCC4)s3)CC2)cc1. The van der Waals surface area contributed by atoms with Crippen LogP contribution in [0.25, 0.3) is 0 Å². The second kappa shape index (κ2) is 11.2. The topological polar surface area (TPSA) is 116 Å². The Morgan fingerprint density at radius 3 is 2.37 bits per heavy atom. The summed E-state index contributed by atoms with van der Waals surface area (Å²) in [5.41, 5.74) is 0.460. The molecule has 0 unspecified atom stereocenters. The zero-order valence-corrected chi connectivity index (χ0v) is 22.3. The van der Waals surface area contributed by atoms with E-state index in [0.29, 0.717) is 43.5 Å². The Hall–Kier alpha value is -2.22. The van der Waals surface area contributed by atoms with Crippen LogP contribution in [0.2, 0.25) is 0 Å². The van der Waals surface area contributed by atoms with E-state index in [0.717, 1.165) is 26.6 Å². The van der Waals surface area contributed by atoms with Crippen LogP contribution in [-0.4, -0.2) is 91.7 Å². The molecule has 1 saturated carbocycles. The van der Waals surface area contributed by atoms with Gasteiger partial charge in [-0.05, 0) is 37.1 Å². The maximum Gasteiger partial charge on any atom is 0.253 e. The van der Waals surface area contributed by atoms with E-state index in [1.54, 1.807) is 17.0 Å². The Kier molecular flexibility index (Phi) is 8.30. The second-order valence-corrected chi connectivity index (χ2v) is 13.1. The average molecular weight is 539 g/mol. The van der Waals surface area contributed by atoms with Gasteiger partial charge in [-0.1, -0.05) is 35.9 Å². The second-order valence-electron chi connectivity index (χ2n) is 8.78. The van der Waals surface area contributed by atoms with Crippen LogP contribution in [-0.2, 0) is 14.8 Å². The molecule has 0 bridgehead atoms. The van der Waals surface area contributed by atoms with Crippen molar-refractivity contribution in [2.24, 2.45) is 0 Å². The molecule has 35 heavy (non-hydrogen) atoms. The van der Waals surface area contributed by atoms with E-state index in [1.807, 2.05) is 0 Å². The third-order valence-corrected chi connectivity index (χ3v) is 10.1. The van der Waals surface area contributed by atoms with Gasteiger partial charge in [0.15, 0.2) is 4.34 Å². The van der Waals surface area contributed by atoms with Gasteiger partial charge < -0.3 is 15.1 Å². The van der Waals surface area contributed by atoms with E-state index >= 15 is 0 Å². The van der Waals surface area contributed by atoms with Crippen molar-refractivity contribution in [3.63, 3.8) is 0 Å². The van der Waals surface area contributed by atoms with Crippen LogP contribution < -0.4 is 10.2 Å². The minimum absolute atomic E-state index is 0.0399. The first-order valence-corrected chi connectivity index (χ1v) is 14.8. The number of aromatic nitrogens is 2. The van der Waals surface area contributed by atoms with Crippen molar-refractivity contribution in [3.8, 4) is 0 Å². The summed E-state index contributed by atoms with van der Waals surface area (Å²) in [6.07, 6.45) is 4.50. The molecule has 2 aliphatic rings. The van der Waals surface area contributed by atoms with Gasteiger partial charge in [0.2, 0.25) is 21.1 Å². The van der Waals surface area contributed by atoms with Gasteiger partial charge >= 0.3 is 0 Å². The number of piperazine rings is 1. The quantitative estimate of drug-likeness (QED) is 0.507. The minimum atomic E-state index is -3.53. The van der Waals surface area contributed by atoms with Crippen molar-refractivity contribution < 1.29 is 18.0 Å². The molecule has 1 aliphatic carbocycles. The molecule has 0 atom stereocenters. The largest absolute Gasteiger partial charge is 0.353 e. The molecule has 0 spiro atoms. The van der Waals surface area contributed by atoms with Crippen LogP contribution in [0.1, 0.15) is 36.0 Å². The molecule has 4 rings (SSSR count). The first kappa shape index (κ1) is 25.9. The molecule has 190 valence electrons. The van der Waals surface area contributed by atoms with Gasteiger partial charge in [-0.3, -0.25) is 9.59 Å². The van der Waals surface area contributed by atoms with Crippen molar-refractivity contribution in [3.05, 3.63) is 29.8 Å². The van der Waals surface area contributed by atoms with E-state index in [4.69, 9.17) is 0 Å². The molecule has 10 nitrogen and oxygen atoms in total. The number of carbonyl (C=O) groups excluding carboxylic acids is 2. The first-order valence-electron chi connectivity index (χ1n) is 11.6. The number of sulfonamides is 1. The summed E-state index contributed by atoms with van der Waals surface area (Å²) >= 11 is 2.86. The smallest absolute Gasteiger partial charge is 0.253 e. The van der Waals surface area contributed by atoms with E-state index in [-0.39, 0.29) is 16.7 Å². The van der Waals surface area contributed by atoms with Crippen LogP contribution in [0.4, 0.5) is 5.13 Å². The Morgan fingerprint density at radius 2 is 1.74 bits per heavy atom. The maximum atomic E-state index is 12.9. The van der Waals surface area contributed by atoms with Crippen LogP contribution in [0.3, 0.4) is 0 Å². The van der Waals surface area contributed by atoms with Gasteiger partial charge in [0.05, 0.1) is 10.6 Å². The molecule has 13 heteroatoms. The summed E-state index contributed by atoms with van der Waals surface area (Å²) in [6.45, 7) is 2.31. The summed E-state index contributed by atoms with van der Waals surface area (Å²) in [6, 6.07) is 6.36. The summed E-state index contributed by atoms with van der Waals surface area (Å²) in [5.74, 6) is 0.251. The van der Waals surface area contributed by atoms with Crippen LogP contribution in [0, 0.1) is 0 Å². The highest BCUT2D eigenvalue weighted by molar-refractivity contribution is 8.01. The molecule has 1 saturated heterocycles. The fraction of sp³-hybridized carbons (Fsp3) is 0.545. The van der Waals surface area contributed by atoms with Gasteiger partial charge in [-0.2, -0.15) is 0 Å². The number of nitrogens with zero attached hydrogens (tertiary/aromatic N) is 5. The summed E-state index contributed by atoms with van der Waals surface area (Å²) < 4.78 is 26.4. The zero-order chi connectivity index (χ0) is 25.0. The third-order valence-electron chi connectivity index (χ3n) is 6.16. The van der Waals surface area contributed by atoms with E-state index < -0.39 is 10.0 Å². The van der Waals surface area contributed by atoms with E-state index in [2.05, 4.69) is 20.4 Å². The Balaban J connectivity index is 1.26. The molecule has 0 radical (unpaired) electrons. The number of amides is 2. The lowest BCUT2D eigenvalue weighted by Gasteiger charge is -2.34. The number of benzene rings is 1. The molecule has 2 aromatic rings. The molecule has 1 aromatic heterocycles. The van der Waals surface area contributed by atoms with E-state index in [1.165, 1.54) is 62.2 Å². The van der Waals surface area contributed by atoms with Crippen molar-refractivity contribution in [2.45, 2.75) is 41.0 Å². The predicted octanol–water partition coefficient (Wildman–Crippen LogP) is 1.90. The molecule has 1 N–H and O–H groups in total. The lowest BCUT2D eigenvalue weighted by atomic mass is 10.2. The number of rotatable bonds is 8.